The lowest BCUT2D eigenvalue weighted by Gasteiger charge is -2.09. The van der Waals surface area contributed by atoms with Gasteiger partial charge in [-0.05, 0) is 19.1 Å². The van der Waals surface area contributed by atoms with Crippen LogP contribution in [0.25, 0.3) is 5.69 Å². The molecular formula is C18H19N5O3. The molecule has 0 bridgehead atoms. The fourth-order valence-corrected chi connectivity index (χ4v) is 2.44. The van der Waals surface area contributed by atoms with Gasteiger partial charge in [0.1, 0.15) is 0 Å². The highest BCUT2D eigenvalue weighted by molar-refractivity contribution is 5.97. The van der Waals surface area contributed by atoms with E-state index >= 15 is 0 Å². The van der Waals surface area contributed by atoms with E-state index in [1.807, 2.05) is 19.1 Å². The second kappa shape index (κ2) is 7.64. The first-order chi connectivity index (χ1) is 12.5. The summed E-state index contributed by atoms with van der Waals surface area (Å²) >= 11 is 0. The van der Waals surface area contributed by atoms with Gasteiger partial charge in [0, 0.05) is 31.3 Å². The first-order valence-corrected chi connectivity index (χ1v) is 8.10. The van der Waals surface area contributed by atoms with E-state index in [0.29, 0.717) is 23.6 Å². The number of aromatic nitrogens is 3. The van der Waals surface area contributed by atoms with Crippen LogP contribution in [0.15, 0.2) is 47.2 Å². The molecule has 3 aromatic rings. The number of hydrogen-bond donors (Lipinski definition) is 2. The van der Waals surface area contributed by atoms with Crippen LogP contribution in [0.2, 0.25) is 0 Å². The maximum atomic E-state index is 12.6. The number of benzene rings is 1. The lowest BCUT2D eigenvalue weighted by atomic mass is 10.1. The Hall–Kier alpha value is -3.42. The molecule has 8 heteroatoms. The van der Waals surface area contributed by atoms with Crippen molar-refractivity contribution in [1.82, 2.24) is 25.6 Å². The van der Waals surface area contributed by atoms with Crippen LogP contribution in [0.4, 0.5) is 0 Å². The number of amides is 2. The van der Waals surface area contributed by atoms with Gasteiger partial charge in [0.2, 0.25) is 5.91 Å². The summed E-state index contributed by atoms with van der Waals surface area (Å²) in [7, 11) is 0. The molecule has 3 rings (SSSR count). The fourth-order valence-electron chi connectivity index (χ4n) is 2.44. The van der Waals surface area contributed by atoms with Crippen molar-refractivity contribution < 1.29 is 14.1 Å². The number of nitrogens with one attached hydrogen (secondary N) is 2. The molecule has 2 amide bonds. The van der Waals surface area contributed by atoms with E-state index in [-0.39, 0.29) is 18.4 Å². The van der Waals surface area contributed by atoms with Crippen LogP contribution >= 0.6 is 0 Å². The summed E-state index contributed by atoms with van der Waals surface area (Å²) in [6, 6.07) is 8.93. The van der Waals surface area contributed by atoms with Gasteiger partial charge in [-0.15, -0.1) is 0 Å². The molecule has 0 saturated carbocycles. The maximum Gasteiger partial charge on any atom is 0.253 e. The smallest absolute Gasteiger partial charge is 0.253 e. The first kappa shape index (κ1) is 17.4. The summed E-state index contributed by atoms with van der Waals surface area (Å²) in [6.45, 7) is 3.91. The second-order valence-corrected chi connectivity index (χ2v) is 5.84. The molecule has 0 aliphatic carbocycles. The number of hydrogen-bond acceptors (Lipinski definition) is 5. The van der Waals surface area contributed by atoms with E-state index in [2.05, 4.69) is 20.9 Å². The van der Waals surface area contributed by atoms with E-state index in [1.54, 1.807) is 35.3 Å². The van der Waals surface area contributed by atoms with Crippen molar-refractivity contribution in [2.24, 2.45) is 0 Å². The maximum absolute atomic E-state index is 12.6. The molecule has 0 radical (unpaired) electrons. The van der Waals surface area contributed by atoms with Gasteiger partial charge < -0.3 is 15.2 Å². The van der Waals surface area contributed by atoms with Gasteiger partial charge in [-0.2, -0.15) is 5.10 Å². The molecule has 0 fully saturated rings. The Bertz CT molecular complexity index is 928. The molecule has 0 spiro atoms. The predicted octanol–water partition coefficient (Wildman–Crippen LogP) is 1.73. The summed E-state index contributed by atoms with van der Waals surface area (Å²) in [5.74, 6) is 0.235. The van der Waals surface area contributed by atoms with Gasteiger partial charge in [-0.3, -0.25) is 9.59 Å². The van der Waals surface area contributed by atoms with Gasteiger partial charge in [-0.25, -0.2) is 4.68 Å². The summed E-state index contributed by atoms with van der Waals surface area (Å²) in [6.07, 6.45) is 3.43. The number of aryl methyl sites for hydroxylation is 1. The van der Waals surface area contributed by atoms with Crippen molar-refractivity contribution >= 4 is 11.8 Å². The van der Waals surface area contributed by atoms with E-state index < -0.39 is 0 Å². The summed E-state index contributed by atoms with van der Waals surface area (Å²) in [4.78, 5) is 23.6. The van der Waals surface area contributed by atoms with E-state index in [4.69, 9.17) is 4.52 Å². The highest BCUT2D eigenvalue weighted by Crippen LogP contribution is 2.15. The molecule has 0 saturated heterocycles. The summed E-state index contributed by atoms with van der Waals surface area (Å²) in [5, 5.41) is 13.6. The zero-order valence-corrected chi connectivity index (χ0v) is 14.5. The molecule has 2 heterocycles. The second-order valence-electron chi connectivity index (χ2n) is 5.84. The molecule has 0 aliphatic heterocycles. The lowest BCUT2D eigenvalue weighted by molar-refractivity contribution is -0.119. The Balaban J connectivity index is 1.75. The highest BCUT2D eigenvalue weighted by atomic mass is 16.5. The Morgan fingerprint density at radius 2 is 2.00 bits per heavy atom. The van der Waals surface area contributed by atoms with Crippen molar-refractivity contribution in [3.05, 3.63) is 65.3 Å². The van der Waals surface area contributed by atoms with Gasteiger partial charge in [0.15, 0.2) is 5.76 Å². The van der Waals surface area contributed by atoms with Crippen LogP contribution in [0, 0.1) is 6.92 Å². The zero-order chi connectivity index (χ0) is 18.5. The standard InChI is InChI=1S/C18H19N5O3/c1-12-7-15(26-22-12)10-20-18(25)16-5-3-4-6-17(16)23-11-14(9-21-23)8-19-13(2)24/h3-7,9,11H,8,10H2,1-2H3,(H,19,24)(H,20,25). The largest absolute Gasteiger partial charge is 0.359 e. The van der Waals surface area contributed by atoms with Crippen molar-refractivity contribution in [3.63, 3.8) is 0 Å². The Kier molecular flexibility index (Phi) is 5.12. The molecule has 2 N–H and O–H groups in total. The molecule has 134 valence electrons. The molecule has 2 aromatic heterocycles. The number of nitrogens with zero attached hydrogens (tertiary/aromatic N) is 3. The molecule has 1 aromatic carbocycles. The van der Waals surface area contributed by atoms with E-state index in [9.17, 15) is 9.59 Å². The minimum absolute atomic E-state index is 0.111. The average Bonchev–Trinajstić information content (AvgIpc) is 3.27. The van der Waals surface area contributed by atoms with Crippen LogP contribution < -0.4 is 10.6 Å². The van der Waals surface area contributed by atoms with Gasteiger partial charge in [-0.1, -0.05) is 17.3 Å². The lowest BCUT2D eigenvalue weighted by Crippen LogP contribution is -2.24. The van der Waals surface area contributed by atoms with Crippen molar-refractivity contribution in [2.45, 2.75) is 26.9 Å². The van der Waals surface area contributed by atoms with Crippen LogP contribution in [0.3, 0.4) is 0 Å². The molecule has 0 unspecified atom stereocenters. The van der Waals surface area contributed by atoms with Gasteiger partial charge >= 0.3 is 0 Å². The molecule has 26 heavy (non-hydrogen) atoms. The minimum atomic E-state index is -0.242. The highest BCUT2D eigenvalue weighted by Gasteiger charge is 2.14. The molecular weight excluding hydrogens is 334 g/mol. The monoisotopic (exact) mass is 353 g/mol. The zero-order valence-electron chi connectivity index (χ0n) is 14.5. The van der Waals surface area contributed by atoms with Crippen molar-refractivity contribution in [3.8, 4) is 5.69 Å². The third-order valence-corrected chi connectivity index (χ3v) is 3.67. The number of rotatable bonds is 6. The third kappa shape index (κ3) is 4.15. The third-order valence-electron chi connectivity index (χ3n) is 3.67. The number of carbonyl (C=O) groups excluding carboxylic acids is 2. The van der Waals surface area contributed by atoms with Crippen LogP contribution in [0.1, 0.15) is 34.3 Å². The van der Waals surface area contributed by atoms with Crippen LogP contribution in [-0.2, 0) is 17.9 Å². The van der Waals surface area contributed by atoms with Gasteiger partial charge in [0.25, 0.3) is 5.91 Å². The molecule has 0 atom stereocenters. The Morgan fingerprint density at radius 3 is 2.73 bits per heavy atom. The summed E-state index contributed by atoms with van der Waals surface area (Å²) in [5.41, 5.74) is 2.73. The number of para-hydroxylation sites is 1. The quantitative estimate of drug-likeness (QED) is 0.703. The van der Waals surface area contributed by atoms with Crippen LogP contribution in [-0.4, -0.2) is 26.8 Å². The van der Waals surface area contributed by atoms with E-state index in [0.717, 1.165) is 11.3 Å². The first-order valence-electron chi connectivity index (χ1n) is 8.10. The molecule has 0 aliphatic rings. The summed E-state index contributed by atoms with van der Waals surface area (Å²) < 4.78 is 6.71. The Labute approximate surface area is 150 Å². The fraction of sp³-hybridized carbons (Fsp3) is 0.222. The van der Waals surface area contributed by atoms with Crippen LogP contribution in [0.5, 0.6) is 0 Å². The van der Waals surface area contributed by atoms with Crippen molar-refractivity contribution in [2.75, 3.05) is 0 Å². The number of carbonyl (C=O) groups is 2. The normalized spacial score (nSPS) is 10.5. The minimum Gasteiger partial charge on any atom is -0.359 e. The molecule has 8 nitrogen and oxygen atoms in total. The van der Waals surface area contributed by atoms with E-state index in [1.165, 1.54) is 6.92 Å². The topological polar surface area (TPSA) is 102 Å². The average molecular weight is 353 g/mol. The SMILES string of the molecule is CC(=O)NCc1cnn(-c2ccccc2C(=O)NCc2cc(C)no2)c1. The predicted molar refractivity (Wildman–Crippen MR) is 93.5 cm³/mol. The van der Waals surface area contributed by atoms with Gasteiger partial charge in [0.05, 0.1) is 29.7 Å². The van der Waals surface area contributed by atoms with Crippen molar-refractivity contribution in [1.29, 1.82) is 0 Å². The Morgan fingerprint density at radius 1 is 1.19 bits per heavy atom.